The van der Waals surface area contributed by atoms with Gasteiger partial charge in [-0.2, -0.15) is 0 Å². The minimum absolute atomic E-state index is 0.664. The van der Waals surface area contributed by atoms with Crippen molar-refractivity contribution in [2.45, 2.75) is 0 Å². The Balaban J connectivity index is 1.54. The van der Waals surface area contributed by atoms with Crippen molar-refractivity contribution in [3.05, 3.63) is 162 Å². The van der Waals surface area contributed by atoms with E-state index < -0.39 is 0 Å². The Hall–Kier alpha value is -4.69. The lowest BCUT2D eigenvalue weighted by Crippen LogP contribution is -2.09. The third-order valence-corrected chi connectivity index (χ3v) is 5.93. The highest BCUT2D eigenvalue weighted by Crippen LogP contribution is 2.35. The van der Waals surface area contributed by atoms with E-state index in [0.717, 1.165) is 28.9 Å². The fourth-order valence-corrected chi connectivity index (χ4v) is 4.18. The van der Waals surface area contributed by atoms with E-state index >= 15 is 0 Å². The average molecular weight is 452 g/mol. The molecule has 0 bridgehead atoms. The van der Waals surface area contributed by atoms with Gasteiger partial charge in [-0.05, 0) is 76.9 Å². The van der Waals surface area contributed by atoms with Crippen molar-refractivity contribution in [3.8, 4) is 0 Å². The second-order valence-electron chi connectivity index (χ2n) is 8.26. The molecule has 0 N–H and O–H groups in total. The zero-order chi connectivity index (χ0) is 23.9. The molecule has 5 rings (SSSR count). The van der Waals surface area contributed by atoms with Crippen molar-refractivity contribution in [1.29, 1.82) is 0 Å². The van der Waals surface area contributed by atoms with Crippen LogP contribution >= 0.6 is 0 Å². The second-order valence-corrected chi connectivity index (χ2v) is 8.26. The van der Waals surface area contributed by atoms with Crippen LogP contribution in [0.5, 0.6) is 0 Å². The topological polar surface area (TPSA) is 20.3 Å². The molecule has 0 radical (unpaired) electrons. The van der Waals surface area contributed by atoms with Gasteiger partial charge in [0.15, 0.2) is 0 Å². The molecule has 0 aromatic heterocycles. The Kier molecular flexibility index (Phi) is 6.63. The van der Waals surface area contributed by atoms with Gasteiger partial charge in [-0.15, -0.1) is 0 Å². The lowest BCUT2D eigenvalue weighted by atomic mass is 9.95. The molecule has 2 nitrogen and oxygen atoms in total. The van der Waals surface area contributed by atoms with Gasteiger partial charge in [-0.3, -0.25) is 4.79 Å². The number of para-hydroxylation sites is 1. The largest absolute Gasteiger partial charge is 0.311 e. The molecular formula is C33H25NO. The Morgan fingerprint density at radius 1 is 0.457 bits per heavy atom. The van der Waals surface area contributed by atoms with E-state index in [1.54, 1.807) is 0 Å². The van der Waals surface area contributed by atoms with Crippen LogP contribution in [0, 0.1) is 0 Å². The Bertz CT molecular complexity index is 1360. The first kappa shape index (κ1) is 22.1. The van der Waals surface area contributed by atoms with Crippen molar-refractivity contribution in [2.75, 3.05) is 4.90 Å². The minimum atomic E-state index is 0.664. The number of rotatable bonds is 7. The molecule has 2 heteroatoms. The van der Waals surface area contributed by atoms with E-state index in [0.29, 0.717) is 5.56 Å². The molecule has 0 saturated carbocycles. The highest BCUT2D eigenvalue weighted by atomic mass is 16.1. The Morgan fingerprint density at radius 3 is 1.31 bits per heavy atom. The van der Waals surface area contributed by atoms with Crippen LogP contribution in [-0.2, 0) is 0 Å². The maximum atomic E-state index is 11.1. The summed E-state index contributed by atoms with van der Waals surface area (Å²) in [6, 6.07) is 47.4. The summed E-state index contributed by atoms with van der Waals surface area (Å²) < 4.78 is 0. The maximum Gasteiger partial charge on any atom is 0.150 e. The summed E-state index contributed by atoms with van der Waals surface area (Å²) in [4.78, 5) is 13.3. The third kappa shape index (κ3) is 5.13. The third-order valence-electron chi connectivity index (χ3n) is 5.93. The molecule has 168 valence electrons. The van der Waals surface area contributed by atoms with Crippen molar-refractivity contribution in [2.24, 2.45) is 0 Å². The molecular weight excluding hydrogens is 426 g/mol. The molecule has 5 aromatic rings. The Morgan fingerprint density at radius 2 is 0.857 bits per heavy atom. The number of benzene rings is 5. The van der Waals surface area contributed by atoms with Gasteiger partial charge in [-0.1, -0.05) is 91.0 Å². The highest BCUT2D eigenvalue weighted by molar-refractivity contribution is 5.91. The number of anilines is 3. The van der Waals surface area contributed by atoms with Crippen LogP contribution < -0.4 is 4.90 Å². The summed E-state index contributed by atoms with van der Waals surface area (Å²) in [5.74, 6) is 0. The van der Waals surface area contributed by atoms with Gasteiger partial charge in [-0.25, -0.2) is 0 Å². The smallest absolute Gasteiger partial charge is 0.150 e. The molecule has 0 aliphatic rings. The molecule has 0 aliphatic carbocycles. The van der Waals surface area contributed by atoms with Gasteiger partial charge < -0.3 is 4.90 Å². The maximum absolute atomic E-state index is 11.1. The van der Waals surface area contributed by atoms with E-state index in [4.69, 9.17) is 0 Å². The standard InChI is InChI=1S/C33H25NO/c35-25-27-18-22-32(23-19-27)34(30-14-8-3-9-15-30)31-20-16-26(17-21-31)24-33(28-10-4-1-5-11-28)29-12-6-2-7-13-29/h1-25H. The first-order valence-corrected chi connectivity index (χ1v) is 11.6. The normalized spacial score (nSPS) is 10.4. The first-order valence-electron chi connectivity index (χ1n) is 11.6. The van der Waals surface area contributed by atoms with Crippen molar-refractivity contribution < 1.29 is 4.79 Å². The SMILES string of the molecule is O=Cc1ccc(N(c2ccccc2)c2ccc(C=C(c3ccccc3)c3ccccc3)cc2)cc1. The predicted octanol–water partition coefficient (Wildman–Crippen LogP) is 8.56. The molecule has 0 spiro atoms. The molecule has 35 heavy (non-hydrogen) atoms. The van der Waals surface area contributed by atoms with Crippen LogP contribution in [0.2, 0.25) is 0 Å². The fourth-order valence-electron chi connectivity index (χ4n) is 4.18. The van der Waals surface area contributed by atoms with Gasteiger partial charge in [0.25, 0.3) is 0 Å². The Labute approximate surface area is 206 Å². The molecule has 0 fully saturated rings. The first-order chi connectivity index (χ1) is 17.3. The molecule has 0 atom stereocenters. The van der Waals surface area contributed by atoms with Crippen LogP contribution in [0.4, 0.5) is 17.1 Å². The zero-order valence-electron chi connectivity index (χ0n) is 19.3. The van der Waals surface area contributed by atoms with Crippen molar-refractivity contribution >= 4 is 35.0 Å². The van der Waals surface area contributed by atoms with E-state index in [1.807, 2.05) is 54.6 Å². The molecule has 0 saturated heterocycles. The van der Waals surface area contributed by atoms with Crippen LogP contribution in [0.3, 0.4) is 0 Å². The van der Waals surface area contributed by atoms with Crippen LogP contribution in [0.15, 0.2) is 140 Å². The number of hydrogen-bond donors (Lipinski definition) is 0. The zero-order valence-corrected chi connectivity index (χ0v) is 19.3. The summed E-state index contributed by atoms with van der Waals surface area (Å²) in [5, 5.41) is 0. The number of aldehydes is 1. The lowest BCUT2D eigenvalue weighted by molar-refractivity contribution is 0.112. The summed E-state index contributed by atoms with van der Waals surface area (Å²) in [7, 11) is 0. The quantitative estimate of drug-likeness (QED) is 0.182. The predicted molar refractivity (Wildman–Crippen MR) is 146 cm³/mol. The van der Waals surface area contributed by atoms with Crippen molar-refractivity contribution in [1.82, 2.24) is 0 Å². The molecule has 0 heterocycles. The molecule has 5 aromatic carbocycles. The number of hydrogen-bond acceptors (Lipinski definition) is 2. The summed E-state index contributed by atoms with van der Waals surface area (Å²) >= 11 is 0. The average Bonchev–Trinajstić information content (AvgIpc) is 2.94. The van der Waals surface area contributed by atoms with E-state index in [9.17, 15) is 4.79 Å². The number of nitrogens with zero attached hydrogens (tertiary/aromatic N) is 1. The van der Waals surface area contributed by atoms with E-state index in [-0.39, 0.29) is 0 Å². The monoisotopic (exact) mass is 451 g/mol. The number of carbonyl (C=O) groups is 1. The van der Waals surface area contributed by atoms with Crippen LogP contribution in [0.1, 0.15) is 27.0 Å². The highest BCUT2D eigenvalue weighted by Gasteiger charge is 2.12. The molecule has 0 unspecified atom stereocenters. The van der Waals surface area contributed by atoms with Gasteiger partial charge >= 0.3 is 0 Å². The fraction of sp³-hybridized carbons (Fsp3) is 0. The molecule has 0 aliphatic heterocycles. The van der Waals surface area contributed by atoms with Crippen molar-refractivity contribution in [3.63, 3.8) is 0 Å². The number of carbonyl (C=O) groups excluding carboxylic acids is 1. The second kappa shape index (κ2) is 10.5. The molecule has 0 amide bonds. The van der Waals surface area contributed by atoms with E-state index in [2.05, 4.69) is 95.9 Å². The summed E-state index contributed by atoms with van der Waals surface area (Å²) in [6.45, 7) is 0. The van der Waals surface area contributed by atoms with Crippen LogP contribution in [-0.4, -0.2) is 6.29 Å². The van der Waals surface area contributed by atoms with Gasteiger partial charge in [0.05, 0.1) is 0 Å². The minimum Gasteiger partial charge on any atom is -0.311 e. The van der Waals surface area contributed by atoms with Crippen LogP contribution in [0.25, 0.3) is 11.6 Å². The lowest BCUT2D eigenvalue weighted by Gasteiger charge is -2.25. The van der Waals surface area contributed by atoms with E-state index in [1.165, 1.54) is 16.7 Å². The van der Waals surface area contributed by atoms with Gasteiger partial charge in [0, 0.05) is 22.6 Å². The summed E-state index contributed by atoms with van der Waals surface area (Å²) in [6.07, 6.45) is 3.11. The van der Waals surface area contributed by atoms with Gasteiger partial charge in [0.1, 0.15) is 6.29 Å². The van der Waals surface area contributed by atoms with Gasteiger partial charge in [0.2, 0.25) is 0 Å². The summed E-state index contributed by atoms with van der Waals surface area (Å²) in [5.41, 5.74) is 8.45.